The Bertz CT molecular complexity index is 1250. The molecule has 0 bridgehead atoms. The summed E-state index contributed by atoms with van der Waals surface area (Å²) in [6.07, 6.45) is -4.81. The molecule has 0 saturated carbocycles. The second-order valence-corrected chi connectivity index (χ2v) is 6.99. The highest BCUT2D eigenvalue weighted by molar-refractivity contribution is 9.10. The van der Waals surface area contributed by atoms with E-state index in [1.54, 1.807) is 31.3 Å². The molecule has 154 valence electrons. The van der Waals surface area contributed by atoms with E-state index < -0.39 is 18.0 Å². The number of aryl methyl sites for hydroxylation is 1. The molecular weight excluding hydrogens is 471 g/mol. The minimum Gasteiger partial charge on any atom is -0.453 e. The van der Waals surface area contributed by atoms with Crippen LogP contribution in [-0.2, 0) is 7.05 Å². The summed E-state index contributed by atoms with van der Waals surface area (Å²) < 4.78 is 48.2. The van der Waals surface area contributed by atoms with Crippen LogP contribution in [-0.4, -0.2) is 32.5 Å². The number of aromatic nitrogens is 4. The fourth-order valence-corrected chi connectivity index (χ4v) is 3.17. The predicted molar refractivity (Wildman–Crippen MR) is 103 cm³/mol. The van der Waals surface area contributed by atoms with E-state index in [2.05, 4.69) is 41.5 Å². The number of alkyl halides is 3. The summed E-state index contributed by atoms with van der Waals surface area (Å²) in [7, 11) is 1.67. The lowest BCUT2D eigenvalue weighted by Gasteiger charge is -2.12. The number of ether oxygens (including phenoxy) is 1. The Kier molecular flexibility index (Phi) is 4.94. The third-order valence-electron chi connectivity index (χ3n) is 4.04. The number of hydrogen-bond donors (Lipinski definition) is 1. The van der Waals surface area contributed by atoms with Gasteiger partial charge in [0, 0.05) is 23.7 Å². The lowest BCUT2D eigenvalue weighted by Crippen LogP contribution is -2.17. The van der Waals surface area contributed by atoms with E-state index in [-0.39, 0.29) is 10.2 Å². The molecule has 0 aliphatic rings. The number of carbonyl (C=O) groups is 1. The third kappa shape index (κ3) is 4.13. The molecule has 30 heavy (non-hydrogen) atoms. The second kappa shape index (κ2) is 7.44. The van der Waals surface area contributed by atoms with Crippen LogP contribution in [0, 0.1) is 0 Å². The maximum atomic E-state index is 12.6. The standard InChI is InChI=1S/C18H11BrF3N5O3/c1-27-16(24-25-26-27)15-6-9-2-3-10(7-14(9)29-15)17(28)23-11-4-5-13(12(19)8-11)30-18(20,21)22/h2-8H,1H3,(H,23,28). The fraction of sp³-hybridized carbons (Fsp3) is 0.111. The first kappa shape index (κ1) is 19.9. The Morgan fingerprint density at radius 3 is 2.67 bits per heavy atom. The molecule has 0 atom stereocenters. The molecule has 2 aromatic heterocycles. The van der Waals surface area contributed by atoms with E-state index in [9.17, 15) is 18.0 Å². The number of hydrogen-bond acceptors (Lipinski definition) is 6. The molecule has 8 nitrogen and oxygen atoms in total. The van der Waals surface area contributed by atoms with Crippen LogP contribution in [0.25, 0.3) is 22.6 Å². The van der Waals surface area contributed by atoms with Crippen molar-refractivity contribution in [3.05, 3.63) is 52.5 Å². The quantitative estimate of drug-likeness (QED) is 0.459. The van der Waals surface area contributed by atoms with Gasteiger partial charge in [-0.15, -0.1) is 18.3 Å². The lowest BCUT2D eigenvalue weighted by molar-refractivity contribution is -0.274. The van der Waals surface area contributed by atoms with Crippen LogP contribution in [0.3, 0.4) is 0 Å². The average molecular weight is 482 g/mol. The van der Waals surface area contributed by atoms with Gasteiger partial charge >= 0.3 is 6.36 Å². The molecule has 4 rings (SSSR count). The highest BCUT2D eigenvalue weighted by Crippen LogP contribution is 2.33. The van der Waals surface area contributed by atoms with Crippen molar-refractivity contribution in [3.63, 3.8) is 0 Å². The van der Waals surface area contributed by atoms with Crippen molar-refractivity contribution in [2.24, 2.45) is 7.05 Å². The molecule has 0 saturated heterocycles. The molecule has 1 amide bonds. The Hall–Kier alpha value is -3.41. The van der Waals surface area contributed by atoms with Gasteiger partial charge in [0.15, 0.2) is 5.76 Å². The number of nitrogens with zero attached hydrogens (tertiary/aromatic N) is 4. The molecule has 4 aromatic rings. The molecule has 0 spiro atoms. The number of furan rings is 1. The van der Waals surface area contributed by atoms with Gasteiger partial charge in [0.25, 0.3) is 5.91 Å². The Labute approximate surface area is 174 Å². The highest BCUT2D eigenvalue weighted by Gasteiger charge is 2.32. The van der Waals surface area contributed by atoms with Crippen LogP contribution in [0.2, 0.25) is 0 Å². The van der Waals surface area contributed by atoms with Gasteiger partial charge < -0.3 is 14.5 Å². The van der Waals surface area contributed by atoms with Crippen LogP contribution in [0.5, 0.6) is 5.75 Å². The van der Waals surface area contributed by atoms with Crippen molar-refractivity contribution in [3.8, 4) is 17.3 Å². The van der Waals surface area contributed by atoms with Crippen molar-refractivity contribution in [1.29, 1.82) is 0 Å². The fourth-order valence-electron chi connectivity index (χ4n) is 2.71. The van der Waals surface area contributed by atoms with E-state index in [4.69, 9.17) is 4.42 Å². The molecule has 0 aliphatic carbocycles. The molecule has 0 fully saturated rings. The molecule has 2 aromatic carbocycles. The van der Waals surface area contributed by atoms with Gasteiger partial charge in [-0.3, -0.25) is 4.79 Å². The molecule has 0 aliphatic heterocycles. The number of amides is 1. The summed E-state index contributed by atoms with van der Waals surface area (Å²) in [5, 5.41) is 14.5. The topological polar surface area (TPSA) is 95.1 Å². The van der Waals surface area contributed by atoms with Gasteiger partial charge in [-0.1, -0.05) is 6.07 Å². The molecular formula is C18H11BrF3N5O3. The van der Waals surface area contributed by atoms with Crippen molar-refractivity contribution in [2.75, 3.05) is 5.32 Å². The molecule has 0 radical (unpaired) electrons. The van der Waals surface area contributed by atoms with Gasteiger partial charge in [0.2, 0.25) is 5.82 Å². The summed E-state index contributed by atoms with van der Waals surface area (Å²) >= 11 is 3.00. The zero-order valence-corrected chi connectivity index (χ0v) is 16.7. The number of benzene rings is 2. The first-order valence-electron chi connectivity index (χ1n) is 8.32. The average Bonchev–Trinajstić information content (AvgIpc) is 3.27. The summed E-state index contributed by atoms with van der Waals surface area (Å²) in [4.78, 5) is 12.6. The summed E-state index contributed by atoms with van der Waals surface area (Å²) in [6, 6.07) is 10.3. The Balaban J connectivity index is 1.55. The number of anilines is 1. The van der Waals surface area contributed by atoms with Crippen molar-refractivity contribution >= 4 is 38.5 Å². The van der Waals surface area contributed by atoms with Crippen LogP contribution >= 0.6 is 15.9 Å². The maximum Gasteiger partial charge on any atom is 0.573 e. The first-order valence-corrected chi connectivity index (χ1v) is 9.12. The molecule has 0 unspecified atom stereocenters. The monoisotopic (exact) mass is 481 g/mol. The number of carbonyl (C=O) groups excluding carboxylic acids is 1. The van der Waals surface area contributed by atoms with Gasteiger partial charge in [-0.2, -0.15) is 0 Å². The van der Waals surface area contributed by atoms with Crippen LogP contribution in [0.15, 0.2) is 51.4 Å². The van der Waals surface area contributed by atoms with Crippen LogP contribution in [0.1, 0.15) is 10.4 Å². The van der Waals surface area contributed by atoms with E-state index in [1.165, 1.54) is 16.8 Å². The SMILES string of the molecule is Cn1nnnc1-c1cc2ccc(C(=O)Nc3ccc(OC(F)(F)F)c(Br)c3)cc2o1. The van der Waals surface area contributed by atoms with E-state index in [0.717, 1.165) is 11.5 Å². The Morgan fingerprint density at radius 1 is 1.20 bits per heavy atom. The van der Waals surface area contributed by atoms with Gasteiger partial charge in [-0.05, 0) is 62.8 Å². The van der Waals surface area contributed by atoms with Crippen molar-refractivity contribution in [2.45, 2.75) is 6.36 Å². The van der Waals surface area contributed by atoms with Gasteiger partial charge in [0.1, 0.15) is 11.3 Å². The Morgan fingerprint density at radius 2 is 2.00 bits per heavy atom. The smallest absolute Gasteiger partial charge is 0.453 e. The maximum absolute atomic E-state index is 12.6. The first-order chi connectivity index (χ1) is 14.2. The lowest BCUT2D eigenvalue weighted by atomic mass is 10.1. The summed E-state index contributed by atoms with van der Waals surface area (Å²) in [5.41, 5.74) is 1.04. The second-order valence-electron chi connectivity index (χ2n) is 6.14. The van der Waals surface area contributed by atoms with Crippen molar-refractivity contribution < 1.29 is 27.1 Å². The molecule has 12 heteroatoms. The largest absolute Gasteiger partial charge is 0.573 e. The minimum atomic E-state index is -4.81. The zero-order chi connectivity index (χ0) is 21.5. The van der Waals surface area contributed by atoms with E-state index in [0.29, 0.717) is 22.7 Å². The van der Waals surface area contributed by atoms with Crippen LogP contribution in [0.4, 0.5) is 18.9 Å². The van der Waals surface area contributed by atoms with E-state index >= 15 is 0 Å². The number of fused-ring (bicyclic) bond motifs is 1. The number of nitrogens with one attached hydrogen (secondary N) is 1. The minimum absolute atomic E-state index is 0.0426. The van der Waals surface area contributed by atoms with Crippen LogP contribution < -0.4 is 10.1 Å². The van der Waals surface area contributed by atoms with Gasteiger partial charge in [-0.25, -0.2) is 4.68 Å². The number of rotatable bonds is 4. The van der Waals surface area contributed by atoms with E-state index in [1.807, 2.05) is 0 Å². The normalized spacial score (nSPS) is 11.6. The summed E-state index contributed by atoms with van der Waals surface area (Å²) in [5.74, 6) is -0.00248. The van der Waals surface area contributed by atoms with Gasteiger partial charge in [0.05, 0.1) is 4.47 Å². The third-order valence-corrected chi connectivity index (χ3v) is 4.66. The highest BCUT2D eigenvalue weighted by atomic mass is 79.9. The number of tetrazole rings is 1. The summed E-state index contributed by atoms with van der Waals surface area (Å²) in [6.45, 7) is 0. The van der Waals surface area contributed by atoms with Crippen molar-refractivity contribution in [1.82, 2.24) is 20.2 Å². The predicted octanol–water partition coefficient (Wildman–Crippen LogP) is 4.54. The zero-order valence-electron chi connectivity index (χ0n) is 15.1. The molecule has 2 heterocycles. The molecule has 1 N–H and O–H groups in total. The number of halogens is 4.